The molecule has 2 aromatic carbocycles. The molecule has 9 nitrogen and oxygen atoms in total. The van der Waals surface area contributed by atoms with E-state index in [4.69, 9.17) is 4.98 Å². The number of rotatable bonds is 2. The Labute approximate surface area is 255 Å². The number of fused-ring (bicyclic) bond motifs is 5. The van der Waals surface area contributed by atoms with Crippen molar-refractivity contribution >= 4 is 33.9 Å². The molecule has 3 aliphatic rings. The molecule has 0 spiro atoms. The van der Waals surface area contributed by atoms with Crippen LogP contribution in [0.1, 0.15) is 74.6 Å². The van der Waals surface area contributed by atoms with Gasteiger partial charge in [0, 0.05) is 49.7 Å². The van der Waals surface area contributed by atoms with E-state index in [-0.39, 0.29) is 12.3 Å². The van der Waals surface area contributed by atoms with E-state index >= 15 is 0 Å². The van der Waals surface area contributed by atoms with Crippen molar-refractivity contribution in [3.63, 3.8) is 0 Å². The number of carboxylic acids is 1. The van der Waals surface area contributed by atoms with Gasteiger partial charge >= 0.3 is 5.97 Å². The Balaban J connectivity index is 1.34. The number of hydrogen-bond donors (Lipinski definition) is 1. The van der Waals surface area contributed by atoms with Crippen LogP contribution < -0.4 is 0 Å². The minimum absolute atomic E-state index is 0.0239. The van der Waals surface area contributed by atoms with Crippen LogP contribution in [0.2, 0.25) is 0 Å². The number of aryl methyl sites for hydroxylation is 5. The molecule has 0 fully saturated rings. The summed E-state index contributed by atoms with van der Waals surface area (Å²) in [7, 11) is 1.98. The highest BCUT2D eigenvalue weighted by atomic mass is 16.4. The lowest BCUT2D eigenvalue weighted by molar-refractivity contribution is -0.137. The van der Waals surface area contributed by atoms with Crippen molar-refractivity contribution in [3.8, 4) is 0 Å². The van der Waals surface area contributed by atoms with Gasteiger partial charge in [-0.1, -0.05) is 41.6 Å². The van der Waals surface area contributed by atoms with Crippen molar-refractivity contribution in [2.24, 2.45) is 7.05 Å². The van der Waals surface area contributed by atoms with Crippen LogP contribution in [0.5, 0.6) is 0 Å². The summed E-state index contributed by atoms with van der Waals surface area (Å²) in [5, 5.41) is 19.9. The predicted molar refractivity (Wildman–Crippen MR) is 169 cm³/mol. The van der Waals surface area contributed by atoms with E-state index in [0.29, 0.717) is 30.8 Å². The molecule has 0 saturated carbocycles. The van der Waals surface area contributed by atoms with Crippen LogP contribution >= 0.6 is 0 Å². The van der Waals surface area contributed by atoms with Crippen LogP contribution in [0.15, 0.2) is 54.7 Å². The number of carbonyl (C=O) groups excluding carboxylic acids is 1. The summed E-state index contributed by atoms with van der Waals surface area (Å²) in [4.78, 5) is 32.9. The van der Waals surface area contributed by atoms with Crippen molar-refractivity contribution < 1.29 is 14.7 Å². The number of carbonyl (C=O) groups is 2. The second kappa shape index (κ2) is 11.0. The summed E-state index contributed by atoms with van der Waals surface area (Å²) in [6.07, 6.45) is 9.48. The van der Waals surface area contributed by atoms with Crippen LogP contribution in [0, 0.1) is 13.8 Å². The zero-order valence-electron chi connectivity index (χ0n) is 25.4. The van der Waals surface area contributed by atoms with Crippen molar-refractivity contribution in [1.82, 2.24) is 29.4 Å². The number of amides is 1. The van der Waals surface area contributed by atoms with Gasteiger partial charge in [0.15, 0.2) is 5.65 Å². The molecule has 1 amide bonds. The van der Waals surface area contributed by atoms with Gasteiger partial charge in [0.05, 0.1) is 6.42 Å². The van der Waals surface area contributed by atoms with E-state index in [1.807, 2.05) is 34.2 Å². The molecule has 0 radical (unpaired) electrons. The summed E-state index contributed by atoms with van der Waals surface area (Å²) in [5.41, 5.74) is 10.3. The Morgan fingerprint density at radius 1 is 1.00 bits per heavy atom. The van der Waals surface area contributed by atoms with Gasteiger partial charge in [-0.25, -0.2) is 9.67 Å². The first-order valence-electron chi connectivity index (χ1n) is 15.3. The van der Waals surface area contributed by atoms with Crippen LogP contribution in [0.25, 0.3) is 22.1 Å². The normalized spacial score (nSPS) is 17.2. The third-order valence-electron chi connectivity index (χ3n) is 9.50. The number of benzene rings is 2. The molecule has 3 aromatic heterocycles. The summed E-state index contributed by atoms with van der Waals surface area (Å²) in [6.45, 7) is 5.80. The van der Waals surface area contributed by atoms with Crippen LogP contribution in [-0.2, 0) is 37.8 Å². The average Bonchev–Trinajstić information content (AvgIpc) is 3.54. The van der Waals surface area contributed by atoms with Gasteiger partial charge < -0.3 is 14.6 Å². The zero-order chi connectivity index (χ0) is 30.5. The average molecular weight is 589 g/mol. The fourth-order valence-corrected chi connectivity index (χ4v) is 7.06. The lowest BCUT2D eigenvalue weighted by Crippen LogP contribution is -2.37. The fourth-order valence-electron chi connectivity index (χ4n) is 7.06. The van der Waals surface area contributed by atoms with Gasteiger partial charge in [0.1, 0.15) is 11.2 Å². The topological polar surface area (TPSA) is 106 Å². The van der Waals surface area contributed by atoms with Gasteiger partial charge in [-0.05, 0) is 90.6 Å². The third kappa shape index (κ3) is 4.76. The maximum atomic E-state index is 14.1. The minimum atomic E-state index is -0.883. The monoisotopic (exact) mass is 588 g/mol. The minimum Gasteiger partial charge on any atom is -0.481 e. The van der Waals surface area contributed by atoms with E-state index in [1.165, 1.54) is 11.1 Å². The molecule has 10 bridgehead atoms. The summed E-state index contributed by atoms with van der Waals surface area (Å²) in [6, 6.07) is 12.7. The standard InChI is InChI=1S/C35H36N6O3/c1-21-29-19-36-34-32(21)37-38-41(34)14-7-5-4-6-8-23-9-12-30-27(16-23)22(2)33(39(30)3)35(44)40-15-13-24-10-11-25(17-26(24)20-40)28(29)18-31(42)43/h4-5,9-12,16-17,19,28H,6-8,13-15,18,20H2,1-3H3,(H,42,43). The van der Waals surface area contributed by atoms with Crippen molar-refractivity contribution in [2.45, 2.75) is 65.0 Å². The van der Waals surface area contributed by atoms with E-state index < -0.39 is 11.9 Å². The van der Waals surface area contributed by atoms with E-state index in [1.54, 1.807) is 6.20 Å². The lowest BCUT2D eigenvalue weighted by atomic mass is 9.84. The summed E-state index contributed by atoms with van der Waals surface area (Å²) >= 11 is 0. The third-order valence-corrected chi connectivity index (χ3v) is 9.50. The largest absolute Gasteiger partial charge is 0.481 e. The molecule has 1 N–H and O–H groups in total. The number of carboxylic acid groups (broad SMARTS) is 1. The van der Waals surface area contributed by atoms with Gasteiger partial charge in [-0.15, -0.1) is 5.10 Å². The molecular weight excluding hydrogens is 552 g/mol. The SMILES string of the molecule is Cc1c2n(C)c3ccc(cc13)CCC=CCCn1nnc3c(C)c(cnc31)C(CC(=O)O)c1ccc3c(c1)CN(CC3)C2=O. The van der Waals surface area contributed by atoms with Gasteiger partial charge in [-0.2, -0.15) is 0 Å². The number of nitrogens with zero attached hydrogens (tertiary/aromatic N) is 6. The second-order valence-electron chi connectivity index (χ2n) is 12.2. The Bertz CT molecular complexity index is 1980. The first-order valence-corrected chi connectivity index (χ1v) is 15.3. The highest BCUT2D eigenvalue weighted by Gasteiger charge is 2.29. The maximum Gasteiger partial charge on any atom is 0.304 e. The first-order chi connectivity index (χ1) is 21.3. The number of aliphatic carboxylic acids is 1. The molecular formula is C35H36N6O3. The van der Waals surface area contributed by atoms with Crippen molar-refractivity contribution in [3.05, 3.63) is 99.4 Å². The summed E-state index contributed by atoms with van der Waals surface area (Å²) in [5.74, 6) is -1.27. The van der Waals surface area contributed by atoms with Crippen molar-refractivity contribution in [1.29, 1.82) is 0 Å². The molecule has 1 unspecified atom stereocenters. The quantitative estimate of drug-likeness (QED) is 0.268. The van der Waals surface area contributed by atoms with Crippen LogP contribution in [-0.4, -0.2) is 53.0 Å². The van der Waals surface area contributed by atoms with Crippen LogP contribution in [0.3, 0.4) is 0 Å². The molecule has 44 heavy (non-hydrogen) atoms. The lowest BCUT2D eigenvalue weighted by Gasteiger charge is -2.30. The summed E-state index contributed by atoms with van der Waals surface area (Å²) < 4.78 is 3.86. The Morgan fingerprint density at radius 2 is 1.84 bits per heavy atom. The number of pyridine rings is 1. The molecule has 224 valence electrons. The molecule has 6 heterocycles. The highest BCUT2D eigenvalue weighted by molar-refractivity contribution is 6.01. The Kier molecular flexibility index (Phi) is 7.03. The van der Waals surface area contributed by atoms with Gasteiger partial charge in [0.2, 0.25) is 0 Å². The fraction of sp³-hybridized carbons (Fsp3) is 0.343. The van der Waals surface area contributed by atoms with Gasteiger partial charge in [0.25, 0.3) is 5.91 Å². The second-order valence-corrected chi connectivity index (χ2v) is 12.2. The highest BCUT2D eigenvalue weighted by Crippen LogP contribution is 2.35. The van der Waals surface area contributed by atoms with E-state index in [0.717, 1.165) is 70.1 Å². The molecule has 0 aliphatic carbocycles. The van der Waals surface area contributed by atoms with E-state index in [9.17, 15) is 14.7 Å². The van der Waals surface area contributed by atoms with Crippen LogP contribution in [0.4, 0.5) is 0 Å². The number of aromatic nitrogens is 5. The first kappa shape index (κ1) is 28.0. The molecule has 5 aromatic rings. The van der Waals surface area contributed by atoms with Crippen molar-refractivity contribution in [2.75, 3.05) is 6.54 Å². The molecule has 0 saturated heterocycles. The predicted octanol–water partition coefficient (Wildman–Crippen LogP) is 5.63. The smallest absolute Gasteiger partial charge is 0.304 e. The molecule has 8 rings (SSSR count). The van der Waals surface area contributed by atoms with Gasteiger partial charge in [-0.3, -0.25) is 9.59 Å². The number of hydrogen-bond acceptors (Lipinski definition) is 5. The Morgan fingerprint density at radius 3 is 2.68 bits per heavy atom. The zero-order valence-corrected chi connectivity index (χ0v) is 25.4. The maximum absolute atomic E-state index is 14.1. The molecule has 3 aliphatic heterocycles. The molecule has 1 atom stereocenters. The Hall–Kier alpha value is -4.79. The molecule has 9 heteroatoms. The van der Waals surface area contributed by atoms with E-state index in [2.05, 4.69) is 59.7 Å². The number of allylic oxidation sites excluding steroid dienone is 2.